The lowest BCUT2D eigenvalue weighted by Crippen LogP contribution is -2.37. The average Bonchev–Trinajstić information content (AvgIpc) is 3.35. The molecule has 4 rings (SSSR count). The number of carbonyl (C=O) groups is 2. The van der Waals surface area contributed by atoms with Crippen molar-refractivity contribution >= 4 is 23.4 Å². The van der Waals surface area contributed by atoms with Gasteiger partial charge in [0, 0.05) is 44.8 Å². The van der Waals surface area contributed by atoms with Gasteiger partial charge in [0.15, 0.2) is 0 Å². The Morgan fingerprint density at radius 2 is 1.92 bits per heavy atom. The number of urea groups is 1. The Morgan fingerprint density at radius 1 is 1.18 bits per heavy atom. The molecule has 0 radical (unpaired) electrons. The second-order valence-corrected chi connectivity index (χ2v) is 10.1. The molecular formula is C27H34F3N5O4. The minimum absolute atomic E-state index is 0.0578. The van der Waals surface area contributed by atoms with Gasteiger partial charge in [-0.25, -0.2) is 9.78 Å². The van der Waals surface area contributed by atoms with Gasteiger partial charge in [-0.1, -0.05) is 6.07 Å². The van der Waals surface area contributed by atoms with Crippen LogP contribution in [-0.2, 0) is 4.74 Å². The second-order valence-electron chi connectivity index (χ2n) is 10.1. The number of aryl methyl sites for hydroxylation is 1. The number of hydrogen-bond acceptors (Lipinski definition) is 6. The summed E-state index contributed by atoms with van der Waals surface area (Å²) in [4.78, 5) is 33.7. The number of rotatable bonds is 7. The molecule has 2 fully saturated rings. The summed E-state index contributed by atoms with van der Waals surface area (Å²) in [7, 11) is 0. The summed E-state index contributed by atoms with van der Waals surface area (Å²) in [6.07, 6.45) is -5.54. The molecule has 2 aromatic rings. The van der Waals surface area contributed by atoms with Crippen molar-refractivity contribution in [1.29, 1.82) is 0 Å². The van der Waals surface area contributed by atoms with E-state index in [0.29, 0.717) is 49.8 Å². The van der Waals surface area contributed by atoms with Crippen molar-refractivity contribution in [3.63, 3.8) is 0 Å². The molecule has 12 heteroatoms. The van der Waals surface area contributed by atoms with Gasteiger partial charge in [0.2, 0.25) is 0 Å². The van der Waals surface area contributed by atoms with Crippen LogP contribution >= 0.6 is 0 Å². The first kappa shape index (κ1) is 28.6. The molecule has 2 aliphatic rings. The summed E-state index contributed by atoms with van der Waals surface area (Å²) < 4.78 is 43.7. The van der Waals surface area contributed by atoms with Gasteiger partial charge in [0.05, 0.1) is 19.3 Å². The van der Waals surface area contributed by atoms with Crippen molar-refractivity contribution in [2.24, 2.45) is 5.92 Å². The fourth-order valence-corrected chi connectivity index (χ4v) is 4.80. The van der Waals surface area contributed by atoms with Crippen LogP contribution in [0.3, 0.4) is 0 Å². The number of anilines is 2. The zero-order valence-electron chi connectivity index (χ0n) is 22.1. The van der Waals surface area contributed by atoms with Crippen LogP contribution in [0.2, 0.25) is 0 Å². The zero-order chi connectivity index (χ0) is 28.2. The van der Waals surface area contributed by atoms with E-state index in [1.54, 1.807) is 25.1 Å². The molecule has 0 saturated carbocycles. The minimum Gasteiger partial charge on any atom is -0.392 e. The van der Waals surface area contributed by atoms with E-state index in [2.05, 4.69) is 15.6 Å². The van der Waals surface area contributed by atoms with E-state index in [1.165, 1.54) is 4.90 Å². The number of morpholine rings is 1. The first-order chi connectivity index (χ1) is 18.5. The quantitative estimate of drug-likeness (QED) is 0.485. The van der Waals surface area contributed by atoms with Crippen LogP contribution < -0.4 is 15.5 Å². The molecule has 0 aliphatic carbocycles. The van der Waals surface area contributed by atoms with E-state index in [-0.39, 0.29) is 25.3 Å². The number of ether oxygens (including phenoxy) is 1. The van der Waals surface area contributed by atoms with E-state index in [9.17, 15) is 27.9 Å². The van der Waals surface area contributed by atoms with E-state index in [0.717, 1.165) is 11.1 Å². The lowest BCUT2D eigenvalue weighted by molar-refractivity contribution is -0.143. The highest BCUT2D eigenvalue weighted by Crippen LogP contribution is 2.32. The molecule has 212 valence electrons. The molecular weight excluding hydrogens is 515 g/mol. The van der Waals surface area contributed by atoms with Crippen LogP contribution in [0.5, 0.6) is 0 Å². The predicted molar refractivity (Wildman–Crippen MR) is 141 cm³/mol. The molecule has 1 aromatic carbocycles. The van der Waals surface area contributed by atoms with Crippen LogP contribution in [0.15, 0.2) is 30.3 Å². The number of aliphatic hydroxyl groups is 1. The van der Waals surface area contributed by atoms with Crippen LogP contribution in [-0.4, -0.2) is 85.1 Å². The van der Waals surface area contributed by atoms with Gasteiger partial charge in [0.25, 0.3) is 5.91 Å². The van der Waals surface area contributed by atoms with Gasteiger partial charge < -0.3 is 30.3 Å². The van der Waals surface area contributed by atoms with E-state index in [1.807, 2.05) is 24.0 Å². The number of pyridine rings is 1. The number of aromatic nitrogens is 1. The summed E-state index contributed by atoms with van der Waals surface area (Å²) >= 11 is 0. The number of hydrogen-bond donors (Lipinski definition) is 3. The number of amides is 3. The number of halogens is 3. The molecule has 2 atom stereocenters. The minimum atomic E-state index is -4.25. The zero-order valence-corrected chi connectivity index (χ0v) is 22.1. The highest BCUT2D eigenvalue weighted by molar-refractivity contribution is 5.95. The third-order valence-electron chi connectivity index (χ3n) is 6.83. The Hall–Kier alpha value is -3.38. The van der Waals surface area contributed by atoms with Crippen molar-refractivity contribution < 1.29 is 32.6 Å². The Balaban J connectivity index is 1.57. The maximum absolute atomic E-state index is 12.9. The molecule has 0 unspecified atom stereocenters. The first-order valence-electron chi connectivity index (χ1n) is 13.0. The smallest absolute Gasteiger partial charge is 0.389 e. The van der Waals surface area contributed by atoms with Gasteiger partial charge >= 0.3 is 12.2 Å². The maximum atomic E-state index is 12.9. The molecule has 3 heterocycles. The Bertz CT molecular complexity index is 1180. The van der Waals surface area contributed by atoms with E-state index < -0.39 is 36.6 Å². The number of nitrogens with zero attached hydrogens (tertiary/aromatic N) is 3. The van der Waals surface area contributed by atoms with Crippen LogP contribution in [0, 0.1) is 12.8 Å². The number of likely N-dealkylation sites (tertiary alicyclic amines) is 1. The fraction of sp³-hybridized carbons (Fsp3) is 0.519. The topological polar surface area (TPSA) is 107 Å². The summed E-state index contributed by atoms with van der Waals surface area (Å²) in [6.45, 7) is 6.20. The largest absolute Gasteiger partial charge is 0.392 e. The Kier molecular flexibility index (Phi) is 8.96. The van der Waals surface area contributed by atoms with Crippen LogP contribution in [0.1, 0.15) is 35.8 Å². The first-order valence-corrected chi connectivity index (χ1v) is 13.0. The summed E-state index contributed by atoms with van der Waals surface area (Å²) in [5, 5.41) is 15.1. The number of benzene rings is 1. The number of nitrogens with one attached hydrogen (secondary N) is 2. The molecule has 0 bridgehead atoms. The molecule has 39 heavy (non-hydrogen) atoms. The highest BCUT2D eigenvalue weighted by atomic mass is 19.4. The lowest BCUT2D eigenvalue weighted by atomic mass is 9.99. The van der Waals surface area contributed by atoms with Gasteiger partial charge in [-0.05, 0) is 67.1 Å². The predicted octanol–water partition coefficient (Wildman–Crippen LogP) is 3.81. The molecule has 1 aromatic heterocycles. The number of aliphatic hydroxyl groups excluding tert-OH is 1. The molecule has 9 nitrogen and oxygen atoms in total. The number of carbonyl (C=O) groups excluding carboxylic acids is 2. The van der Waals surface area contributed by atoms with Crippen molar-refractivity contribution in [2.75, 3.05) is 56.2 Å². The molecule has 3 amide bonds. The van der Waals surface area contributed by atoms with E-state index >= 15 is 0 Å². The summed E-state index contributed by atoms with van der Waals surface area (Å²) in [5.41, 5.74) is 3.06. The van der Waals surface area contributed by atoms with Crippen LogP contribution in [0.25, 0.3) is 11.1 Å². The second kappa shape index (κ2) is 12.2. The average molecular weight is 550 g/mol. The number of alkyl halides is 3. The maximum Gasteiger partial charge on any atom is 0.389 e. The van der Waals surface area contributed by atoms with Gasteiger partial charge in [-0.2, -0.15) is 13.2 Å². The lowest BCUT2D eigenvalue weighted by Gasteiger charge is -2.28. The van der Waals surface area contributed by atoms with Crippen LogP contribution in [0.4, 0.5) is 29.5 Å². The van der Waals surface area contributed by atoms with Crippen molar-refractivity contribution in [1.82, 2.24) is 15.2 Å². The third kappa shape index (κ3) is 7.82. The Morgan fingerprint density at radius 3 is 2.62 bits per heavy atom. The summed E-state index contributed by atoms with van der Waals surface area (Å²) in [6, 6.07) is 8.46. The van der Waals surface area contributed by atoms with Crippen molar-refractivity contribution in [3.8, 4) is 11.1 Å². The van der Waals surface area contributed by atoms with Gasteiger partial charge in [-0.15, -0.1) is 0 Å². The van der Waals surface area contributed by atoms with Crippen molar-refractivity contribution in [3.05, 3.63) is 41.6 Å². The van der Waals surface area contributed by atoms with Gasteiger partial charge in [0.1, 0.15) is 11.5 Å². The molecule has 3 N–H and O–H groups in total. The Labute approximate surface area is 225 Å². The SMILES string of the molecule is Cc1ccc(NC(=O)N2CC[C@@H](CC(F)(F)F)C2)cc1-c1cc(C(=O)NC[C@H](C)O)nc(N2CCOCC2)c1. The normalized spacial score (nSPS) is 18.7. The fourth-order valence-electron chi connectivity index (χ4n) is 4.80. The van der Waals surface area contributed by atoms with Crippen molar-refractivity contribution in [2.45, 2.75) is 39.0 Å². The molecule has 2 saturated heterocycles. The summed E-state index contributed by atoms with van der Waals surface area (Å²) in [5.74, 6) is -0.408. The highest BCUT2D eigenvalue weighted by Gasteiger charge is 2.36. The van der Waals surface area contributed by atoms with Gasteiger partial charge in [-0.3, -0.25) is 4.79 Å². The molecule has 2 aliphatic heterocycles. The monoisotopic (exact) mass is 549 g/mol. The standard InChI is InChI=1S/C27H34F3N5O4/c1-17-3-4-21(32-26(38)35-6-5-19(16-35)14-27(28,29)30)13-22(17)20-11-23(25(37)31-15-18(2)36)33-24(12-20)34-7-9-39-10-8-34/h3-4,11-13,18-19,36H,5-10,14-16H2,1-2H3,(H,31,37)(H,32,38)/t18-,19-/m0/s1. The molecule has 0 spiro atoms. The third-order valence-corrected chi connectivity index (χ3v) is 6.83. The van der Waals surface area contributed by atoms with E-state index in [4.69, 9.17) is 4.74 Å².